The number of aromatic hydroxyl groups is 1. The van der Waals surface area contributed by atoms with E-state index in [1.165, 1.54) is 18.2 Å². The van der Waals surface area contributed by atoms with Crippen LogP contribution in [0.2, 0.25) is 5.02 Å². The van der Waals surface area contributed by atoms with Crippen LogP contribution in [0.3, 0.4) is 0 Å². The Morgan fingerprint density at radius 1 is 1.19 bits per heavy atom. The number of amides is 2. The summed E-state index contributed by atoms with van der Waals surface area (Å²) >= 11 is 6.34. The first-order chi connectivity index (χ1) is 16.9. The number of halogens is 1. The van der Waals surface area contributed by atoms with E-state index < -0.39 is 12.0 Å². The number of β-amino-alcohol motifs (C(OH)–C–C–N with tert-alkyl or cyclic N) is 1. The van der Waals surface area contributed by atoms with E-state index in [1.807, 2.05) is 25.1 Å². The molecule has 0 saturated carbocycles. The highest BCUT2D eigenvalue weighted by Gasteiger charge is 2.20. The Bertz CT molecular complexity index is 1150. The van der Waals surface area contributed by atoms with Gasteiger partial charge in [-0.3, -0.25) is 14.6 Å². The van der Waals surface area contributed by atoms with Crippen LogP contribution in [0, 0.1) is 0 Å². The third kappa shape index (κ3) is 7.60. The van der Waals surface area contributed by atoms with Crippen LogP contribution in [0.1, 0.15) is 61.6 Å². The van der Waals surface area contributed by atoms with Crippen LogP contribution in [0.4, 0.5) is 5.69 Å². The minimum Gasteiger partial charge on any atom is -0.508 e. The van der Waals surface area contributed by atoms with Gasteiger partial charge in [-0.2, -0.15) is 0 Å². The summed E-state index contributed by atoms with van der Waals surface area (Å²) in [6.07, 6.45) is 0.0964. The Labute approximate surface area is 216 Å². The number of nitrogens with one attached hydrogen (secondary N) is 4. The molecular formula is C26H34ClN5O4. The maximum atomic E-state index is 12.7. The second-order valence-electron chi connectivity index (χ2n) is 9.85. The lowest BCUT2D eigenvalue weighted by Gasteiger charge is -2.24. The van der Waals surface area contributed by atoms with Gasteiger partial charge in [0.1, 0.15) is 5.75 Å². The zero-order valence-corrected chi connectivity index (χ0v) is 21.7. The summed E-state index contributed by atoms with van der Waals surface area (Å²) in [5.74, 6) is -0.542. The molecule has 2 unspecified atom stereocenters. The number of carbonyl (C=O) groups is 2. The molecule has 1 heterocycles. The van der Waals surface area contributed by atoms with E-state index in [9.17, 15) is 19.8 Å². The average molecular weight is 516 g/mol. The highest BCUT2D eigenvalue weighted by Crippen LogP contribution is 2.30. The lowest BCUT2D eigenvalue weighted by molar-refractivity contribution is -0.120. The van der Waals surface area contributed by atoms with Gasteiger partial charge in [-0.1, -0.05) is 45.4 Å². The largest absolute Gasteiger partial charge is 0.508 e. The van der Waals surface area contributed by atoms with Gasteiger partial charge in [0.05, 0.1) is 25.2 Å². The van der Waals surface area contributed by atoms with E-state index in [0.29, 0.717) is 29.6 Å². The zero-order chi connectivity index (χ0) is 26.5. The molecular weight excluding hydrogens is 482 g/mol. The monoisotopic (exact) mass is 515 g/mol. The number of aliphatic hydroxyl groups excluding tert-OH is 1. The molecule has 0 fully saturated rings. The first kappa shape index (κ1) is 27.3. The summed E-state index contributed by atoms with van der Waals surface area (Å²) < 4.78 is 0. The molecule has 194 valence electrons. The molecule has 2 aromatic rings. The van der Waals surface area contributed by atoms with Crippen molar-refractivity contribution >= 4 is 35.1 Å². The summed E-state index contributed by atoms with van der Waals surface area (Å²) in [6, 6.07) is 9.86. The second kappa shape index (κ2) is 11.6. The van der Waals surface area contributed by atoms with Gasteiger partial charge >= 0.3 is 0 Å². The van der Waals surface area contributed by atoms with Crippen LogP contribution in [-0.2, 0) is 10.2 Å². The van der Waals surface area contributed by atoms with Crippen molar-refractivity contribution in [2.75, 3.05) is 25.0 Å². The summed E-state index contributed by atoms with van der Waals surface area (Å²) in [6.45, 7) is 8.64. The quantitative estimate of drug-likeness (QED) is 0.335. The van der Waals surface area contributed by atoms with Gasteiger partial charge in [-0.05, 0) is 47.2 Å². The van der Waals surface area contributed by atoms with Crippen molar-refractivity contribution in [1.82, 2.24) is 16.0 Å². The molecule has 0 spiro atoms. The summed E-state index contributed by atoms with van der Waals surface area (Å²) in [5.41, 5.74) is 2.51. The van der Waals surface area contributed by atoms with Crippen molar-refractivity contribution in [3.63, 3.8) is 0 Å². The number of phenols is 1. The number of aliphatic imine (C=N–C) groups is 1. The van der Waals surface area contributed by atoms with Gasteiger partial charge in [0.2, 0.25) is 5.91 Å². The van der Waals surface area contributed by atoms with Crippen molar-refractivity contribution in [1.29, 1.82) is 0 Å². The molecule has 0 aliphatic carbocycles. The number of phenolic OH excluding ortho intramolecular Hbond substituents is 1. The van der Waals surface area contributed by atoms with Gasteiger partial charge in [-0.25, -0.2) is 0 Å². The van der Waals surface area contributed by atoms with Crippen molar-refractivity contribution in [2.45, 2.75) is 51.7 Å². The van der Waals surface area contributed by atoms with Gasteiger partial charge in [0.15, 0.2) is 5.96 Å². The van der Waals surface area contributed by atoms with Crippen LogP contribution in [-0.4, -0.2) is 53.7 Å². The number of carbonyl (C=O) groups excluding carboxylic acids is 2. The number of hydrogen-bond acceptors (Lipinski definition) is 7. The Hall–Kier alpha value is -3.30. The molecule has 0 aromatic heterocycles. The Morgan fingerprint density at radius 3 is 2.58 bits per heavy atom. The SMILES string of the molecule is CCC(NC(=O)CNC(=O)c1cc(O)cc(NC2=NCC(O)CN2)c1)c1cc(Cl)cc(C(C)(C)C)c1. The van der Waals surface area contributed by atoms with E-state index in [-0.39, 0.29) is 41.8 Å². The normalized spacial score (nSPS) is 16.4. The number of rotatable bonds is 7. The molecule has 6 N–H and O–H groups in total. The van der Waals surface area contributed by atoms with E-state index >= 15 is 0 Å². The molecule has 9 nitrogen and oxygen atoms in total. The maximum absolute atomic E-state index is 12.7. The molecule has 1 aliphatic rings. The molecule has 1 aliphatic heterocycles. The van der Waals surface area contributed by atoms with Crippen LogP contribution in [0.5, 0.6) is 5.75 Å². The molecule has 2 aromatic carbocycles. The molecule has 2 atom stereocenters. The molecule has 3 rings (SSSR count). The van der Waals surface area contributed by atoms with E-state index in [2.05, 4.69) is 47.0 Å². The minimum absolute atomic E-state index is 0.0915. The number of aliphatic hydroxyl groups is 1. The fourth-order valence-electron chi connectivity index (χ4n) is 3.74. The smallest absolute Gasteiger partial charge is 0.251 e. The number of anilines is 1. The first-order valence-electron chi connectivity index (χ1n) is 11.9. The predicted molar refractivity (Wildman–Crippen MR) is 142 cm³/mol. The summed E-state index contributed by atoms with van der Waals surface area (Å²) in [4.78, 5) is 29.5. The van der Waals surface area contributed by atoms with Crippen LogP contribution < -0.4 is 21.3 Å². The molecule has 0 saturated heterocycles. The molecule has 2 amide bonds. The van der Waals surface area contributed by atoms with Crippen LogP contribution in [0.25, 0.3) is 0 Å². The fourth-order valence-corrected chi connectivity index (χ4v) is 3.99. The second-order valence-corrected chi connectivity index (χ2v) is 10.3. The molecule has 0 bridgehead atoms. The lowest BCUT2D eigenvalue weighted by atomic mass is 9.85. The van der Waals surface area contributed by atoms with Gasteiger partial charge in [0.25, 0.3) is 5.91 Å². The van der Waals surface area contributed by atoms with Crippen molar-refractivity contribution in [3.05, 3.63) is 58.1 Å². The summed E-state index contributed by atoms with van der Waals surface area (Å²) in [5, 5.41) is 31.6. The van der Waals surface area contributed by atoms with Crippen LogP contribution >= 0.6 is 11.6 Å². The standard InChI is InChI=1S/C26H34ClN5O4/c1-5-22(15-6-17(26(2,3)4)10-18(27)7-15)32-23(35)14-28-24(36)16-8-19(11-20(33)9-16)31-25-29-12-21(34)13-30-25/h6-11,21-22,33-34H,5,12-14H2,1-4H3,(H,28,36)(H,32,35)(H2,29,30,31). The Balaban J connectivity index is 1.62. The summed E-state index contributed by atoms with van der Waals surface area (Å²) in [7, 11) is 0. The number of guanidine groups is 1. The van der Waals surface area contributed by atoms with Crippen molar-refractivity contribution in [3.8, 4) is 5.75 Å². The van der Waals surface area contributed by atoms with E-state index in [1.54, 1.807) is 0 Å². The number of nitrogens with zero attached hydrogens (tertiary/aromatic N) is 1. The number of hydrogen-bond donors (Lipinski definition) is 6. The van der Waals surface area contributed by atoms with Crippen molar-refractivity contribution in [2.24, 2.45) is 4.99 Å². The molecule has 10 heteroatoms. The van der Waals surface area contributed by atoms with Crippen LogP contribution in [0.15, 0.2) is 41.4 Å². The fraction of sp³-hybridized carbons (Fsp3) is 0.423. The van der Waals surface area contributed by atoms with Gasteiger partial charge < -0.3 is 31.5 Å². The molecule has 0 radical (unpaired) electrons. The minimum atomic E-state index is -0.557. The zero-order valence-electron chi connectivity index (χ0n) is 21.0. The highest BCUT2D eigenvalue weighted by atomic mass is 35.5. The third-order valence-electron chi connectivity index (χ3n) is 5.75. The lowest BCUT2D eigenvalue weighted by Crippen LogP contribution is -2.42. The van der Waals surface area contributed by atoms with E-state index in [0.717, 1.165) is 11.1 Å². The average Bonchev–Trinajstić information content (AvgIpc) is 2.81. The van der Waals surface area contributed by atoms with Crippen molar-refractivity contribution < 1.29 is 19.8 Å². The predicted octanol–water partition coefficient (Wildman–Crippen LogP) is 3.07. The van der Waals surface area contributed by atoms with Gasteiger partial charge in [0, 0.05) is 28.9 Å². The Kier molecular flexibility index (Phi) is 8.81. The first-order valence-corrected chi connectivity index (χ1v) is 12.3. The van der Waals surface area contributed by atoms with Gasteiger partial charge in [-0.15, -0.1) is 0 Å². The Morgan fingerprint density at radius 2 is 1.94 bits per heavy atom. The third-order valence-corrected chi connectivity index (χ3v) is 5.97. The topological polar surface area (TPSA) is 135 Å². The van der Waals surface area contributed by atoms with E-state index in [4.69, 9.17) is 11.6 Å². The highest BCUT2D eigenvalue weighted by molar-refractivity contribution is 6.30. The number of benzene rings is 2. The molecule has 36 heavy (non-hydrogen) atoms. The maximum Gasteiger partial charge on any atom is 0.251 e.